The molecule has 0 fully saturated rings. The minimum absolute atomic E-state index is 0.144. The van der Waals surface area contributed by atoms with E-state index in [9.17, 15) is 4.79 Å². The summed E-state index contributed by atoms with van der Waals surface area (Å²) in [5.74, 6) is 1.16. The summed E-state index contributed by atoms with van der Waals surface area (Å²) in [6.07, 6.45) is 1.83. The molecule has 0 spiro atoms. The maximum absolute atomic E-state index is 14.0. The smallest absolute Gasteiger partial charge is 0.263 e. The highest BCUT2D eigenvalue weighted by molar-refractivity contribution is 5.87. The van der Waals surface area contributed by atoms with Crippen molar-refractivity contribution < 1.29 is 8.83 Å². The Bertz CT molecular complexity index is 1900. The van der Waals surface area contributed by atoms with E-state index in [0.717, 1.165) is 38.9 Å². The lowest BCUT2D eigenvalue weighted by molar-refractivity contribution is 0.620. The van der Waals surface area contributed by atoms with Crippen LogP contribution in [-0.4, -0.2) is 9.55 Å². The molecule has 37 heavy (non-hydrogen) atoms. The highest BCUT2D eigenvalue weighted by atomic mass is 16.3. The standard InChI is InChI=1S/C32H20N2O3/c35-32-26(24-13-5-6-14-25(24)31-33-27-15-7-9-17-29(27)37-31)18-22(20-34(32)23-11-2-1-3-12-23)30-19-21-10-4-8-16-28(21)36-30/h1-20H. The van der Waals surface area contributed by atoms with Crippen LogP contribution in [0.4, 0.5) is 0 Å². The lowest BCUT2D eigenvalue weighted by Crippen LogP contribution is -2.20. The Hall–Kier alpha value is -5.16. The lowest BCUT2D eigenvalue weighted by atomic mass is 9.98. The van der Waals surface area contributed by atoms with Gasteiger partial charge in [-0.15, -0.1) is 0 Å². The Morgan fingerprint density at radius 2 is 1.32 bits per heavy atom. The van der Waals surface area contributed by atoms with Crippen molar-refractivity contribution in [3.63, 3.8) is 0 Å². The predicted molar refractivity (Wildman–Crippen MR) is 146 cm³/mol. The molecule has 5 heteroatoms. The molecule has 0 bridgehead atoms. The summed E-state index contributed by atoms with van der Waals surface area (Å²) in [6, 6.07) is 36.7. The van der Waals surface area contributed by atoms with Crippen LogP contribution < -0.4 is 5.56 Å². The van der Waals surface area contributed by atoms with Gasteiger partial charge in [0.05, 0.1) is 0 Å². The van der Waals surface area contributed by atoms with Crippen LogP contribution in [0.2, 0.25) is 0 Å². The van der Waals surface area contributed by atoms with Gasteiger partial charge in [-0.25, -0.2) is 4.98 Å². The Morgan fingerprint density at radius 1 is 0.622 bits per heavy atom. The van der Waals surface area contributed by atoms with Crippen LogP contribution >= 0.6 is 0 Å². The third kappa shape index (κ3) is 3.65. The normalized spacial score (nSPS) is 11.4. The van der Waals surface area contributed by atoms with Crippen LogP contribution in [0.15, 0.2) is 135 Å². The van der Waals surface area contributed by atoms with Gasteiger partial charge < -0.3 is 8.83 Å². The van der Waals surface area contributed by atoms with Gasteiger partial charge in [-0.2, -0.15) is 0 Å². The second-order valence-corrected chi connectivity index (χ2v) is 8.83. The molecule has 0 unspecified atom stereocenters. The van der Waals surface area contributed by atoms with Crippen LogP contribution in [0, 0.1) is 0 Å². The topological polar surface area (TPSA) is 61.2 Å². The average Bonchev–Trinajstić information content (AvgIpc) is 3.58. The number of benzene rings is 4. The highest BCUT2D eigenvalue weighted by Crippen LogP contribution is 2.35. The van der Waals surface area contributed by atoms with Gasteiger partial charge in [0.15, 0.2) is 5.58 Å². The third-order valence-corrected chi connectivity index (χ3v) is 6.50. The van der Waals surface area contributed by atoms with Gasteiger partial charge >= 0.3 is 0 Å². The lowest BCUT2D eigenvalue weighted by Gasteiger charge is -2.13. The van der Waals surface area contributed by atoms with E-state index in [1.807, 2.05) is 121 Å². The fraction of sp³-hybridized carbons (Fsp3) is 0. The van der Waals surface area contributed by atoms with Crippen molar-refractivity contribution in [3.8, 4) is 39.6 Å². The van der Waals surface area contributed by atoms with E-state index in [-0.39, 0.29) is 5.56 Å². The Labute approximate surface area is 211 Å². The van der Waals surface area contributed by atoms with E-state index in [2.05, 4.69) is 0 Å². The summed E-state index contributed by atoms with van der Waals surface area (Å²) in [6.45, 7) is 0. The summed E-state index contributed by atoms with van der Waals surface area (Å²) < 4.78 is 13.9. The second kappa shape index (κ2) is 8.50. The predicted octanol–water partition coefficient (Wildman–Crippen LogP) is 7.73. The first-order valence-corrected chi connectivity index (χ1v) is 12.0. The average molecular weight is 481 g/mol. The number of pyridine rings is 1. The summed E-state index contributed by atoms with van der Waals surface area (Å²) >= 11 is 0. The van der Waals surface area contributed by atoms with Crippen molar-refractivity contribution in [2.24, 2.45) is 0 Å². The van der Waals surface area contributed by atoms with Crippen molar-refractivity contribution in [2.75, 3.05) is 0 Å². The Kier molecular flexibility index (Phi) is 4.86. The second-order valence-electron chi connectivity index (χ2n) is 8.83. The quantitative estimate of drug-likeness (QED) is 0.259. The molecular formula is C32H20N2O3. The Morgan fingerprint density at radius 3 is 2.14 bits per heavy atom. The molecule has 0 amide bonds. The molecule has 3 heterocycles. The summed E-state index contributed by atoms with van der Waals surface area (Å²) in [4.78, 5) is 18.7. The minimum Gasteiger partial charge on any atom is -0.456 e. The SMILES string of the molecule is O=c1c(-c2ccccc2-c2nc3ccccc3o2)cc(-c2cc3ccccc3o2)cn1-c1ccccc1. The number of nitrogens with zero attached hydrogens (tertiary/aromatic N) is 2. The largest absolute Gasteiger partial charge is 0.456 e. The van der Waals surface area contributed by atoms with E-state index >= 15 is 0 Å². The van der Waals surface area contributed by atoms with Crippen LogP contribution in [0.25, 0.3) is 61.7 Å². The number of hydrogen-bond acceptors (Lipinski definition) is 4. The molecule has 0 radical (unpaired) electrons. The van der Waals surface area contributed by atoms with Crippen LogP contribution in [0.5, 0.6) is 0 Å². The summed E-state index contributed by atoms with van der Waals surface area (Å²) in [5, 5.41) is 1.00. The zero-order valence-corrected chi connectivity index (χ0v) is 19.7. The minimum atomic E-state index is -0.144. The number of fused-ring (bicyclic) bond motifs is 2. The molecular weight excluding hydrogens is 460 g/mol. The highest BCUT2D eigenvalue weighted by Gasteiger charge is 2.19. The van der Waals surface area contributed by atoms with E-state index in [4.69, 9.17) is 13.8 Å². The van der Waals surface area contributed by atoms with E-state index < -0.39 is 0 Å². The molecule has 0 saturated carbocycles. The number of para-hydroxylation sites is 4. The molecule has 0 aliphatic heterocycles. The van der Waals surface area contributed by atoms with E-state index in [1.165, 1.54) is 0 Å². The molecule has 5 nitrogen and oxygen atoms in total. The number of hydrogen-bond donors (Lipinski definition) is 0. The fourth-order valence-electron chi connectivity index (χ4n) is 4.71. The van der Waals surface area contributed by atoms with Crippen molar-refractivity contribution in [1.82, 2.24) is 9.55 Å². The third-order valence-electron chi connectivity index (χ3n) is 6.50. The maximum atomic E-state index is 14.0. The monoisotopic (exact) mass is 480 g/mol. The zero-order chi connectivity index (χ0) is 24.8. The molecule has 3 aromatic heterocycles. The molecule has 0 aliphatic carbocycles. The van der Waals surface area contributed by atoms with Gasteiger partial charge in [-0.3, -0.25) is 9.36 Å². The van der Waals surface area contributed by atoms with Gasteiger partial charge in [0.25, 0.3) is 5.56 Å². The van der Waals surface area contributed by atoms with Crippen LogP contribution in [0.1, 0.15) is 0 Å². The van der Waals surface area contributed by atoms with Crippen molar-refractivity contribution in [3.05, 3.63) is 132 Å². The molecule has 176 valence electrons. The summed E-state index contributed by atoms with van der Waals surface area (Å²) in [7, 11) is 0. The fourth-order valence-corrected chi connectivity index (χ4v) is 4.71. The number of aromatic nitrogens is 2. The van der Waals surface area contributed by atoms with Gasteiger partial charge in [0, 0.05) is 34.0 Å². The number of oxazole rings is 1. The first kappa shape index (κ1) is 21.1. The van der Waals surface area contributed by atoms with E-state index in [1.54, 1.807) is 4.57 Å². The molecule has 0 atom stereocenters. The van der Waals surface area contributed by atoms with Crippen LogP contribution in [0.3, 0.4) is 0 Å². The van der Waals surface area contributed by atoms with Crippen molar-refractivity contribution in [1.29, 1.82) is 0 Å². The van der Waals surface area contributed by atoms with Gasteiger partial charge in [-0.1, -0.05) is 66.7 Å². The first-order chi connectivity index (χ1) is 18.2. The molecule has 7 aromatic rings. The molecule has 7 rings (SSSR count). The first-order valence-electron chi connectivity index (χ1n) is 12.0. The van der Waals surface area contributed by atoms with Crippen molar-refractivity contribution >= 4 is 22.1 Å². The zero-order valence-electron chi connectivity index (χ0n) is 19.7. The van der Waals surface area contributed by atoms with Gasteiger partial charge in [0.1, 0.15) is 16.9 Å². The molecule has 0 saturated heterocycles. The van der Waals surface area contributed by atoms with Crippen molar-refractivity contribution in [2.45, 2.75) is 0 Å². The van der Waals surface area contributed by atoms with Gasteiger partial charge in [-0.05, 0) is 54.1 Å². The maximum Gasteiger partial charge on any atom is 0.263 e. The molecule has 0 N–H and O–H groups in total. The van der Waals surface area contributed by atoms with Gasteiger partial charge in [0.2, 0.25) is 5.89 Å². The molecule has 4 aromatic carbocycles. The summed E-state index contributed by atoms with van der Waals surface area (Å²) in [5.41, 5.74) is 5.69. The number of furan rings is 1. The Balaban J connectivity index is 1.49. The molecule has 0 aliphatic rings. The van der Waals surface area contributed by atoms with Crippen LogP contribution in [-0.2, 0) is 0 Å². The number of rotatable bonds is 4. The van der Waals surface area contributed by atoms with E-state index in [0.29, 0.717) is 22.8 Å².